The minimum absolute atomic E-state index is 0.600. The molecule has 0 radical (unpaired) electrons. The Morgan fingerprint density at radius 2 is 2.09 bits per heavy atom. The first kappa shape index (κ1) is 8.18. The lowest BCUT2D eigenvalue weighted by molar-refractivity contribution is 1.15. The highest BCUT2D eigenvalue weighted by molar-refractivity contribution is 5.90. The van der Waals surface area contributed by atoms with Crippen molar-refractivity contribution in [1.29, 1.82) is 0 Å². The van der Waals surface area contributed by atoms with Crippen molar-refractivity contribution in [3.05, 3.63) is 11.8 Å². The van der Waals surface area contributed by atoms with Crippen molar-refractivity contribution in [2.24, 2.45) is 15.9 Å². The molecular formula is C9H14N2. The van der Waals surface area contributed by atoms with E-state index in [-0.39, 0.29) is 0 Å². The van der Waals surface area contributed by atoms with E-state index in [2.05, 4.69) is 16.7 Å². The third kappa shape index (κ3) is 2.66. The first-order chi connectivity index (χ1) is 5.24. The average Bonchev–Trinajstić information content (AvgIpc) is 2.72. The van der Waals surface area contributed by atoms with Crippen molar-refractivity contribution in [3.8, 4) is 0 Å². The van der Waals surface area contributed by atoms with Gasteiger partial charge in [-0.2, -0.15) is 0 Å². The second-order valence-electron chi connectivity index (χ2n) is 3.13. The summed E-state index contributed by atoms with van der Waals surface area (Å²) in [5.74, 6) is 1.51. The molecule has 0 amide bonds. The van der Waals surface area contributed by atoms with Crippen LogP contribution in [0.2, 0.25) is 0 Å². The van der Waals surface area contributed by atoms with Crippen molar-refractivity contribution in [2.75, 3.05) is 0 Å². The third-order valence-electron chi connectivity index (χ3n) is 1.56. The largest absolute Gasteiger partial charge is 0.249 e. The van der Waals surface area contributed by atoms with Crippen molar-refractivity contribution < 1.29 is 0 Å². The molecule has 1 rings (SSSR count). The van der Waals surface area contributed by atoms with Gasteiger partial charge in [0.05, 0.1) is 0 Å². The molecule has 2 heteroatoms. The van der Waals surface area contributed by atoms with Crippen LogP contribution in [0.4, 0.5) is 0 Å². The summed E-state index contributed by atoms with van der Waals surface area (Å²) in [4.78, 5) is 8.11. The smallest absolute Gasteiger partial charge is 0.130 e. The van der Waals surface area contributed by atoms with Crippen LogP contribution in [-0.2, 0) is 0 Å². The quantitative estimate of drug-likeness (QED) is 0.426. The van der Waals surface area contributed by atoms with Crippen LogP contribution in [-0.4, -0.2) is 12.6 Å². The molecule has 2 nitrogen and oxygen atoms in total. The lowest BCUT2D eigenvalue weighted by atomic mass is 10.4. The zero-order valence-corrected chi connectivity index (χ0v) is 7.17. The Balaban J connectivity index is 2.59. The highest BCUT2D eigenvalue weighted by Crippen LogP contribution is 2.31. The first-order valence-corrected chi connectivity index (χ1v) is 3.92. The summed E-state index contributed by atoms with van der Waals surface area (Å²) < 4.78 is 0. The molecule has 60 valence electrons. The van der Waals surface area contributed by atoms with E-state index in [1.807, 2.05) is 20.0 Å². The Kier molecular flexibility index (Phi) is 2.58. The fraction of sp³-hybridized carbons (Fsp3) is 0.556. The standard InChI is InChI=1S/C9H14N2/c1-7(2)6-11-9(10-3)8-4-5-8/h6,8H,3-5H2,1-2H3. The van der Waals surface area contributed by atoms with E-state index >= 15 is 0 Å². The second-order valence-corrected chi connectivity index (χ2v) is 3.13. The fourth-order valence-electron chi connectivity index (χ4n) is 0.812. The Labute approximate surface area is 67.8 Å². The normalized spacial score (nSPS) is 17.8. The molecule has 0 spiro atoms. The molecule has 1 fully saturated rings. The molecule has 0 aromatic rings. The summed E-state index contributed by atoms with van der Waals surface area (Å²) >= 11 is 0. The van der Waals surface area contributed by atoms with E-state index in [0.717, 1.165) is 5.84 Å². The van der Waals surface area contributed by atoms with Gasteiger partial charge in [-0.15, -0.1) is 0 Å². The zero-order chi connectivity index (χ0) is 8.27. The molecule has 0 saturated heterocycles. The molecule has 1 aliphatic carbocycles. The maximum atomic E-state index is 4.23. The number of amidine groups is 1. The van der Waals surface area contributed by atoms with Crippen molar-refractivity contribution in [1.82, 2.24) is 0 Å². The van der Waals surface area contributed by atoms with Crippen molar-refractivity contribution in [2.45, 2.75) is 26.7 Å². The lowest BCUT2D eigenvalue weighted by Gasteiger charge is -1.92. The maximum Gasteiger partial charge on any atom is 0.130 e. The van der Waals surface area contributed by atoms with E-state index in [4.69, 9.17) is 0 Å². The Morgan fingerprint density at radius 3 is 2.45 bits per heavy atom. The Bertz CT molecular complexity index is 206. The van der Waals surface area contributed by atoms with Crippen LogP contribution in [0, 0.1) is 5.92 Å². The number of rotatable bonds is 2. The first-order valence-electron chi connectivity index (χ1n) is 3.92. The zero-order valence-electron chi connectivity index (χ0n) is 7.17. The molecule has 0 heterocycles. The van der Waals surface area contributed by atoms with Gasteiger partial charge in [-0.3, -0.25) is 0 Å². The number of nitrogens with zero attached hydrogens (tertiary/aromatic N) is 2. The fourth-order valence-corrected chi connectivity index (χ4v) is 0.812. The molecule has 0 bridgehead atoms. The summed E-state index contributed by atoms with van der Waals surface area (Å²) in [6, 6.07) is 0. The molecule has 0 atom stereocenters. The van der Waals surface area contributed by atoms with Gasteiger partial charge >= 0.3 is 0 Å². The molecule has 0 aromatic carbocycles. The van der Waals surface area contributed by atoms with Crippen molar-refractivity contribution in [3.63, 3.8) is 0 Å². The Morgan fingerprint density at radius 1 is 1.45 bits per heavy atom. The summed E-state index contributed by atoms with van der Waals surface area (Å²) in [7, 11) is 0. The summed E-state index contributed by atoms with van der Waals surface area (Å²) in [5, 5.41) is 0. The van der Waals surface area contributed by atoms with Crippen LogP contribution in [0.25, 0.3) is 0 Å². The second kappa shape index (κ2) is 3.46. The van der Waals surface area contributed by atoms with Gasteiger partial charge in [0.25, 0.3) is 0 Å². The molecular weight excluding hydrogens is 136 g/mol. The van der Waals surface area contributed by atoms with Crippen LogP contribution < -0.4 is 0 Å². The van der Waals surface area contributed by atoms with E-state index < -0.39 is 0 Å². The molecule has 0 N–H and O–H groups in total. The monoisotopic (exact) mass is 150 g/mol. The van der Waals surface area contributed by atoms with Gasteiger partial charge in [0.2, 0.25) is 0 Å². The van der Waals surface area contributed by atoms with Gasteiger partial charge < -0.3 is 0 Å². The predicted molar refractivity (Wildman–Crippen MR) is 49.1 cm³/mol. The maximum absolute atomic E-state index is 4.23. The van der Waals surface area contributed by atoms with Gasteiger partial charge in [0, 0.05) is 12.1 Å². The topological polar surface area (TPSA) is 24.7 Å². The SMILES string of the molecule is C=NC(=NC=C(C)C)C1CC1. The molecule has 1 saturated carbocycles. The highest BCUT2D eigenvalue weighted by Gasteiger charge is 2.26. The van der Waals surface area contributed by atoms with Gasteiger partial charge in [-0.25, -0.2) is 9.98 Å². The van der Waals surface area contributed by atoms with Crippen LogP contribution in [0.1, 0.15) is 26.7 Å². The third-order valence-corrected chi connectivity index (χ3v) is 1.56. The minimum Gasteiger partial charge on any atom is -0.249 e. The number of allylic oxidation sites excluding steroid dienone is 1. The van der Waals surface area contributed by atoms with Gasteiger partial charge in [0.15, 0.2) is 0 Å². The van der Waals surface area contributed by atoms with Gasteiger partial charge in [0.1, 0.15) is 5.84 Å². The van der Waals surface area contributed by atoms with E-state index in [0.29, 0.717) is 5.92 Å². The van der Waals surface area contributed by atoms with E-state index in [1.54, 1.807) is 0 Å². The Hall–Kier alpha value is -0.920. The minimum atomic E-state index is 0.600. The van der Waals surface area contributed by atoms with E-state index in [1.165, 1.54) is 18.4 Å². The molecule has 0 aliphatic heterocycles. The van der Waals surface area contributed by atoms with Crippen molar-refractivity contribution >= 4 is 12.6 Å². The predicted octanol–water partition coefficient (Wildman–Crippen LogP) is 2.42. The van der Waals surface area contributed by atoms with Gasteiger partial charge in [-0.1, -0.05) is 5.57 Å². The number of hydrogen-bond acceptors (Lipinski definition) is 1. The highest BCUT2D eigenvalue weighted by atomic mass is 14.9. The summed E-state index contributed by atoms with van der Waals surface area (Å²) in [6.07, 6.45) is 4.31. The van der Waals surface area contributed by atoms with Gasteiger partial charge in [-0.05, 0) is 33.4 Å². The van der Waals surface area contributed by atoms with Crippen LogP contribution in [0.15, 0.2) is 21.8 Å². The number of hydrogen-bond donors (Lipinski definition) is 0. The lowest BCUT2D eigenvalue weighted by Crippen LogP contribution is -1.93. The molecule has 1 aliphatic rings. The van der Waals surface area contributed by atoms with Crippen LogP contribution in [0.3, 0.4) is 0 Å². The summed E-state index contributed by atoms with van der Waals surface area (Å²) in [6.45, 7) is 7.54. The molecule has 0 unspecified atom stereocenters. The summed E-state index contributed by atoms with van der Waals surface area (Å²) in [5.41, 5.74) is 1.20. The number of aliphatic imine (C=N–C) groups is 2. The molecule has 11 heavy (non-hydrogen) atoms. The molecule has 0 aromatic heterocycles. The van der Waals surface area contributed by atoms with Crippen LogP contribution >= 0.6 is 0 Å². The van der Waals surface area contributed by atoms with Crippen LogP contribution in [0.5, 0.6) is 0 Å². The average molecular weight is 150 g/mol. The van der Waals surface area contributed by atoms with E-state index in [9.17, 15) is 0 Å².